The van der Waals surface area contributed by atoms with Gasteiger partial charge in [-0.25, -0.2) is 0 Å². The molecular formula is C16H20N2. The van der Waals surface area contributed by atoms with Gasteiger partial charge >= 0.3 is 0 Å². The summed E-state index contributed by atoms with van der Waals surface area (Å²) in [7, 11) is 0. The minimum Gasteiger partial charge on any atom is -0.329 e. The first-order chi connectivity index (χ1) is 8.81. The van der Waals surface area contributed by atoms with Gasteiger partial charge in [-0.3, -0.25) is 0 Å². The van der Waals surface area contributed by atoms with Gasteiger partial charge in [-0.1, -0.05) is 54.6 Å². The highest BCUT2D eigenvalue weighted by atomic mass is 14.9. The van der Waals surface area contributed by atoms with Crippen molar-refractivity contribution in [2.24, 2.45) is 5.73 Å². The maximum atomic E-state index is 5.88. The predicted molar refractivity (Wildman–Crippen MR) is 76.3 cm³/mol. The third kappa shape index (κ3) is 3.19. The molecule has 94 valence electrons. The smallest absolute Gasteiger partial charge is 0.0449 e. The summed E-state index contributed by atoms with van der Waals surface area (Å²) in [6, 6.07) is 19.0. The number of hydrogen-bond donors (Lipinski definition) is 2. The zero-order valence-corrected chi connectivity index (χ0v) is 10.8. The van der Waals surface area contributed by atoms with Crippen molar-refractivity contribution >= 4 is 0 Å². The molecule has 0 fully saturated rings. The van der Waals surface area contributed by atoms with E-state index in [9.17, 15) is 0 Å². The normalized spacial score (nSPS) is 12.3. The molecule has 0 aromatic heterocycles. The summed E-state index contributed by atoms with van der Waals surface area (Å²) in [5.41, 5.74) is 9.73. The minimum atomic E-state index is 0.214. The van der Waals surface area contributed by atoms with Crippen LogP contribution in [0.1, 0.15) is 22.7 Å². The van der Waals surface area contributed by atoms with E-state index in [2.05, 4.69) is 60.8 Å². The topological polar surface area (TPSA) is 38.0 Å². The lowest BCUT2D eigenvalue weighted by atomic mass is 10.0. The molecule has 2 nitrogen and oxygen atoms in total. The molecule has 0 aliphatic carbocycles. The van der Waals surface area contributed by atoms with E-state index >= 15 is 0 Å². The lowest BCUT2D eigenvalue weighted by Gasteiger charge is -2.19. The van der Waals surface area contributed by atoms with Crippen molar-refractivity contribution in [2.45, 2.75) is 19.5 Å². The molecule has 2 aromatic carbocycles. The zero-order valence-electron chi connectivity index (χ0n) is 10.8. The van der Waals surface area contributed by atoms with E-state index in [1.807, 2.05) is 6.07 Å². The minimum absolute atomic E-state index is 0.214. The molecule has 1 atom stereocenters. The molecule has 0 bridgehead atoms. The summed E-state index contributed by atoms with van der Waals surface area (Å²) >= 11 is 0. The fourth-order valence-electron chi connectivity index (χ4n) is 2.13. The van der Waals surface area contributed by atoms with Crippen LogP contribution in [-0.2, 0) is 6.54 Å². The molecule has 2 rings (SSSR count). The van der Waals surface area contributed by atoms with Gasteiger partial charge in [-0.15, -0.1) is 0 Å². The van der Waals surface area contributed by atoms with E-state index in [0.29, 0.717) is 6.54 Å². The van der Waals surface area contributed by atoms with Gasteiger partial charge in [0.25, 0.3) is 0 Å². The van der Waals surface area contributed by atoms with Crippen molar-refractivity contribution in [3.63, 3.8) is 0 Å². The highest BCUT2D eigenvalue weighted by molar-refractivity contribution is 5.29. The van der Waals surface area contributed by atoms with Crippen molar-refractivity contribution < 1.29 is 0 Å². The third-order valence-corrected chi connectivity index (χ3v) is 3.19. The maximum absolute atomic E-state index is 5.88. The molecule has 0 radical (unpaired) electrons. The van der Waals surface area contributed by atoms with E-state index in [-0.39, 0.29) is 6.04 Å². The van der Waals surface area contributed by atoms with Crippen LogP contribution in [0.3, 0.4) is 0 Å². The first kappa shape index (κ1) is 12.8. The van der Waals surface area contributed by atoms with E-state index in [0.717, 1.165) is 6.54 Å². The Morgan fingerprint density at radius 3 is 2.33 bits per heavy atom. The Morgan fingerprint density at radius 2 is 1.67 bits per heavy atom. The standard InChI is InChI=1S/C16H20N2/c1-13-7-5-6-10-15(13)16(11-17)18-12-14-8-3-2-4-9-14/h2-10,16,18H,11-12,17H2,1H3. The van der Waals surface area contributed by atoms with E-state index in [1.54, 1.807) is 0 Å². The predicted octanol–water partition coefficient (Wildman–Crippen LogP) is 2.78. The average molecular weight is 240 g/mol. The first-order valence-electron chi connectivity index (χ1n) is 6.34. The third-order valence-electron chi connectivity index (χ3n) is 3.19. The Labute approximate surface area is 109 Å². The second-order valence-corrected chi connectivity index (χ2v) is 4.51. The van der Waals surface area contributed by atoms with Gasteiger partial charge in [0.1, 0.15) is 0 Å². The summed E-state index contributed by atoms with van der Waals surface area (Å²) in [6.45, 7) is 3.58. The van der Waals surface area contributed by atoms with Gasteiger partial charge in [-0.2, -0.15) is 0 Å². The summed E-state index contributed by atoms with van der Waals surface area (Å²) in [5.74, 6) is 0. The van der Waals surface area contributed by atoms with Crippen LogP contribution in [0.25, 0.3) is 0 Å². The summed E-state index contributed by atoms with van der Waals surface area (Å²) in [5, 5.41) is 3.52. The number of benzene rings is 2. The SMILES string of the molecule is Cc1ccccc1C(CN)NCc1ccccc1. The van der Waals surface area contributed by atoms with Crippen LogP contribution in [0.15, 0.2) is 54.6 Å². The number of aryl methyl sites for hydroxylation is 1. The average Bonchev–Trinajstić information content (AvgIpc) is 2.42. The maximum Gasteiger partial charge on any atom is 0.0449 e. The molecule has 0 spiro atoms. The molecule has 0 aliphatic heterocycles. The Balaban J connectivity index is 2.04. The van der Waals surface area contributed by atoms with Gasteiger partial charge < -0.3 is 11.1 Å². The molecule has 0 heterocycles. The van der Waals surface area contributed by atoms with Crippen LogP contribution >= 0.6 is 0 Å². The van der Waals surface area contributed by atoms with E-state index in [4.69, 9.17) is 5.73 Å². The highest BCUT2D eigenvalue weighted by Gasteiger charge is 2.10. The number of nitrogens with two attached hydrogens (primary N) is 1. The molecular weight excluding hydrogens is 220 g/mol. The lowest BCUT2D eigenvalue weighted by molar-refractivity contribution is 0.539. The first-order valence-corrected chi connectivity index (χ1v) is 6.34. The van der Waals surface area contributed by atoms with Crippen LogP contribution in [0.2, 0.25) is 0 Å². The van der Waals surface area contributed by atoms with Crippen LogP contribution in [0.5, 0.6) is 0 Å². The fourth-order valence-corrected chi connectivity index (χ4v) is 2.13. The molecule has 18 heavy (non-hydrogen) atoms. The van der Waals surface area contributed by atoms with E-state index < -0.39 is 0 Å². The van der Waals surface area contributed by atoms with Crippen molar-refractivity contribution in [2.75, 3.05) is 6.54 Å². The molecule has 0 amide bonds. The van der Waals surface area contributed by atoms with Crippen LogP contribution in [0.4, 0.5) is 0 Å². The van der Waals surface area contributed by atoms with Gasteiger partial charge in [0, 0.05) is 19.1 Å². The van der Waals surface area contributed by atoms with Crippen molar-refractivity contribution in [3.8, 4) is 0 Å². The van der Waals surface area contributed by atoms with E-state index in [1.165, 1.54) is 16.7 Å². The Bertz CT molecular complexity index is 479. The number of rotatable bonds is 5. The molecule has 1 unspecified atom stereocenters. The van der Waals surface area contributed by atoms with Crippen molar-refractivity contribution in [3.05, 3.63) is 71.3 Å². The quantitative estimate of drug-likeness (QED) is 0.843. The molecule has 0 aliphatic rings. The lowest BCUT2D eigenvalue weighted by Crippen LogP contribution is -2.28. The molecule has 0 saturated carbocycles. The van der Waals surface area contributed by atoms with Crippen molar-refractivity contribution in [1.29, 1.82) is 0 Å². The zero-order chi connectivity index (χ0) is 12.8. The van der Waals surface area contributed by atoms with Gasteiger partial charge in [0.05, 0.1) is 0 Å². The second-order valence-electron chi connectivity index (χ2n) is 4.51. The summed E-state index contributed by atoms with van der Waals surface area (Å²) in [4.78, 5) is 0. The Morgan fingerprint density at radius 1 is 1.00 bits per heavy atom. The van der Waals surface area contributed by atoms with Crippen LogP contribution < -0.4 is 11.1 Å². The van der Waals surface area contributed by atoms with Crippen LogP contribution in [0, 0.1) is 6.92 Å². The van der Waals surface area contributed by atoms with Gasteiger partial charge in [0.15, 0.2) is 0 Å². The molecule has 0 saturated heterocycles. The van der Waals surface area contributed by atoms with Gasteiger partial charge in [-0.05, 0) is 23.6 Å². The van der Waals surface area contributed by atoms with Gasteiger partial charge in [0.2, 0.25) is 0 Å². The summed E-state index contributed by atoms with van der Waals surface area (Å²) in [6.07, 6.45) is 0. The summed E-state index contributed by atoms with van der Waals surface area (Å²) < 4.78 is 0. The number of hydrogen-bond acceptors (Lipinski definition) is 2. The fraction of sp³-hybridized carbons (Fsp3) is 0.250. The van der Waals surface area contributed by atoms with Crippen molar-refractivity contribution in [1.82, 2.24) is 5.32 Å². The molecule has 3 N–H and O–H groups in total. The second kappa shape index (κ2) is 6.34. The largest absolute Gasteiger partial charge is 0.329 e. The molecule has 2 heteroatoms. The highest BCUT2D eigenvalue weighted by Crippen LogP contribution is 2.16. The van der Waals surface area contributed by atoms with Crippen LogP contribution in [-0.4, -0.2) is 6.54 Å². The Hall–Kier alpha value is -1.64. The monoisotopic (exact) mass is 240 g/mol. The Kier molecular flexibility index (Phi) is 4.51. The number of nitrogens with one attached hydrogen (secondary N) is 1. The molecule has 2 aromatic rings.